The van der Waals surface area contributed by atoms with Crippen LogP contribution in [0.1, 0.15) is 45.2 Å². The predicted octanol–water partition coefficient (Wildman–Crippen LogP) is 4.19. The lowest BCUT2D eigenvalue weighted by molar-refractivity contribution is -0.0433. The minimum absolute atomic E-state index is 0.144. The first-order valence-corrected chi connectivity index (χ1v) is 7.61. The van der Waals surface area contributed by atoms with Crippen molar-refractivity contribution in [2.24, 2.45) is 0 Å². The summed E-state index contributed by atoms with van der Waals surface area (Å²) in [5.74, 6) is -0.208. The van der Waals surface area contributed by atoms with Crippen molar-refractivity contribution >= 4 is 15.9 Å². The molecule has 1 aliphatic rings. The van der Waals surface area contributed by atoms with E-state index in [1.165, 1.54) is 0 Å². The van der Waals surface area contributed by atoms with E-state index < -0.39 is 0 Å². The molecule has 0 aliphatic carbocycles. The Kier molecular flexibility index (Phi) is 4.98. The molecule has 19 heavy (non-hydrogen) atoms. The number of rotatable bonds is 3. The molecule has 0 unspecified atom stereocenters. The smallest absolute Gasteiger partial charge is 0.137 e. The molecule has 0 spiro atoms. The Morgan fingerprint density at radius 2 is 1.95 bits per heavy atom. The summed E-state index contributed by atoms with van der Waals surface area (Å²) in [5.41, 5.74) is 0.979. The Hall–Kier alpha value is -0.450. The van der Waals surface area contributed by atoms with Gasteiger partial charge in [-0.2, -0.15) is 0 Å². The second kappa shape index (κ2) is 6.33. The molecule has 1 aromatic rings. The topological polar surface area (TPSA) is 21.3 Å². The van der Waals surface area contributed by atoms with E-state index in [4.69, 9.17) is 4.74 Å². The van der Waals surface area contributed by atoms with Gasteiger partial charge in [0.05, 0.1) is 16.7 Å². The number of nitrogens with one attached hydrogen (secondary N) is 1. The monoisotopic (exact) mass is 329 g/mol. The van der Waals surface area contributed by atoms with Crippen LogP contribution >= 0.6 is 15.9 Å². The van der Waals surface area contributed by atoms with E-state index in [1.807, 2.05) is 6.07 Å². The molecule has 3 atom stereocenters. The molecule has 1 saturated heterocycles. The van der Waals surface area contributed by atoms with Crippen LogP contribution in [0.4, 0.5) is 4.39 Å². The zero-order valence-corrected chi connectivity index (χ0v) is 13.2. The van der Waals surface area contributed by atoms with Crippen LogP contribution in [0.25, 0.3) is 0 Å². The number of ether oxygens (including phenoxy) is 1. The third-order valence-electron chi connectivity index (χ3n) is 3.63. The summed E-state index contributed by atoms with van der Waals surface area (Å²) >= 11 is 3.18. The van der Waals surface area contributed by atoms with E-state index in [0.717, 1.165) is 18.4 Å². The van der Waals surface area contributed by atoms with E-state index in [2.05, 4.69) is 42.0 Å². The number of benzene rings is 1. The Bertz CT molecular complexity index is 430. The molecule has 0 radical (unpaired) electrons. The maximum Gasteiger partial charge on any atom is 0.137 e. The average Bonchev–Trinajstić information content (AvgIpc) is 2.31. The molecule has 106 valence electrons. The van der Waals surface area contributed by atoms with Crippen LogP contribution in [0, 0.1) is 5.82 Å². The molecule has 1 heterocycles. The van der Waals surface area contributed by atoms with Gasteiger partial charge in [0, 0.05) is 12.1 Å². The van der Waals surface area contributed by atoms with Gasteiger partial charge in [-0.15, -0.1) is 0 Å². The second-order valence-corrected chi connectivity index (χ2v) is 6.34. The van der Waals surface area contributed by atoms with E-state index >= 15 is 0 Å². The lowest BCUT2D eigenvalue weighted by Crippen LogP contribution is -2.42. The lowest BCUT2D eigenvalue weighted by Gasteiger charge is -2.34. The molecule has 1 aromatic carbocycles. The zero-order chi connectivity index (χ0) is 14.0. The minimum atomic E-state index is -0.208. The van der Waals surface area contributed by atoms with Gasteiger partial charge in [0.1, 0.15) is 5.82 Å². The first-order valence-electron chi connectivity index (χ1n) is 6.82. The molecule has 0 saturated carbocycles. The highest BCUT2D eigenvalue weighted by Crippen LogP contribution is 2.24. The summed E-state index contributed by atoms with van der Waals surface area (Å²) in [5, 5.41) is 3.58. The Labute approximate surface area is 122 Å². The molecule has 2 nitrogen and oxygen atoms in total. The Morgan fingerprint density at radius 1 is 1.32 bits per heavy atom. The van der Waals surface area contributed by atoms with Gasteiger partial charge in [0.15, 0.2) is 0 Å². The Balaban J connectivity index is 2.00. The van der Waals surface area contributed by atoms with Gasteiger partial charge in [-0.3, -0.25) is 0 Å². The highest BCUT2D eigenvalue weighted by atomic mass is 79.9. The first-order chi connectivity index (χ1) is 8.95. The summed E-state index contributed by atoms with van der Waals surface area (Å²) in [6, 6.07) is 5.88. The largest absolute Gasteiger partial charge is 0.375 e. The van der Waals surface area contributed by atoms with Crippen LogP contribution < -0.4 is 5.32 Å². The molecule has 1 aliphatic heterocycles. The molecule has 0 amide bonds. The molecular weight excluding hydrogens is 309 g/mol. The van der Waals surface area contributed by atoms with Crippen molar-refractivity contribution in [2.75, 3.05) is 0 Å². The van der Waals surface area contributed by atoms with Crippen LogP contribution in [-0.2, 0) is 4.74 Å². The van der Waals surface area contributed by atoms with Crippen molar-refractivity contribution in [1.82, 2.24) is 5.32 Å². The minimum Gasteiger partial charge on any atom is -0.375 e. The zero-order valence-electron chi connectivity index (χ0n) is 11.6. The van der Waals surface area contributed by atoms with Gasteiger partial charge in [-0.1, -0.05) is 6.07 Å². The summed E-state index contributed by atoms with van der Waals surface area (Å²) in [6.07, 6.45) is 2.59. The van der Waals surface area contributed by atoms with Gasteiger partial charge in [0.2, 0.25) is 0 Å². The molecule has 1 N–H and O–H groups in total. The summed E-state index contributed by atoms with van der Waals surface area (Å²) in [7, 11) is 0. The van der Waals surface area contributed by atoms with Crippen molar-refractivity contribution in [1.29, 1.82) is 0 Å². The van der Waals surface area contributed by atoms with Crippen LogP contribution in [0.3, 0.4) is 0 Å². The fraction of sp³-hybridized carbons (Fsp3) is 0.600. The fourth-order valence-electron chi connectivity index (χ4n) is 2.77. The summed E-state index contributed by atoms with van der Waals surface area (Å²) in [4.78, 5) is 0. The van der Waals surface area contributed by atoms with Crippen molar-refractivity contribution in [3.8, 4) is 0 Å². The van der Waals surface area contributed by atoms with Crippen LogP contribution in [0.2, 0.25) is 0 Å². The number of halogens is 2. The summed E-state index contributed by atoms with van der Waals surface area (Å²) < 4.78 is 19.8. The number of hydrogen-bond donors (Lipinski definition) is 1. The highest BCUT2D eigenvalue weighted by Gasteiger charge is 2.25. The molecule has 2 rings (SSSR count). The normalized spacial score (nSPS) is 29.2. The van der Waals surface area contributed by atoms with Crippen LogP contribution in [0.5, 0.6) is 0 Å². The van der Waals surface area contributed by atoms with Gasteiger partial charge < -0.3 is 10.1 Å². The summed E-state index contributed by atoms with van der Waals surface area (Å²) in [6.45, 7) is 6.29. The lowest BCUT2D eigenvalue weighted by atomic mass is 9.98. The first kappa shape index (κ1) is 14.9. The van der Waals surface area contributed by atoms with Crippen molar-refractivity contribution in [3.05, 3.63) is 34.1 Å². The van der Waals surface area contributed by atoms with Crippen LogP contribution in [0.15, 0.2) is 22.7 Å². The van der Waals surface area contributed by atoms with Crippen molar-refractivity contribution < 1.29 is 9.13 Å². The van der Waals surface area contributed by atoms with Gasteiger partial charge in [-0.25, -0.2) is 4.39 Å². The van der Waals surface area contributed by atoms with Gasteiger partial charge in [0.25, 0.3) is 0 Å². The maximum atomic E-state index is 13.5. The molecule has 4 heteroatoms. The Morgan fingerprint density at radius 3 is 2.53 bits per heavy atom. The molecule has 0 bridgehead atoms. The third-order valence-corrected chi connectivity index (χ3v) is 4.27. The van der Waals surface area contributed by atoms with E-state index in [0.29, 0.717) is 10.5 Å². The molecule has 0 aromatic heterocycles. The van der Waals surface area contributed by atoms with Crippen molar-refractivity contribution in [2.45, 2.75) is 57.9 Å². The second-order valence-electron chi connectivity index (χ2n) is 5.49. The fourth-order valence-corrected chi connectivity index (χ4v) is 3.02. The van der Waals surface area contributed by atoms with Crippen molar-refractivity contribution in [3.63, 3.8) is 0 Å². The molecule has 1 fully saturated rings. The van der Waals surface area contributed by atoms with Gasteiger partial charge in [-0.05, 0) is 67.2 Å². The predicted molar refractivity (Wildman–Crippen MR) is 78.7 cm³/mol. The molecular formula is C15H21BrFNO. The van der Waals surface area contributed by atoms with E-state index in [1.54, 1.807) is 12.1 Å². The quantitative estimate of drug-likeness (QED) is 0.897. The standard InChI is InChI=1S/C15H21BrFNO/c1-9-6-13(7-10(2)19-9)18-11(3)12-4-5-14(16)15(17)8-12/h4-5,8-11,13,18H,6-7H2,1-3H3/t9-,10-,11-/m1/s1. The SMILES string of the molecule is C[C@@H]1CC(N[C@H](C)c2ccc(Br)c(F)c2)C[C@@H](C)O1. The highest BCUT2D eigenvalue weighted by molar-refractivity contribution is 9.10. The van der Waals surface area contributed by atoms with E-state index in [9.17, 15) is 4.39 Å². The average molecular weight is 330 g/mol. The van der Waals surface area contributed by atoms with Crippen LogP contribution in [-0.4, -0.2) is 18.2 Å². The maximum absolute atomic E-state index is 13.5. The number of hydrogen-bond acceptors (Lipinski definition) is 2. The third kappa shape index (κ3) is 4.01. The van der Waals surface area contributed by atoms with Gasteiger partial charge >= 0.3 is 0 Å². The van der Waals surface area contributed by atoms with E-state index in [-0.39, 0.29) is 24.1 Å².